The second kappa shape index (κ2) is 5.90. The van der Waals surface area contributed by atoms with Gasteiger partial charge in [-0.2, -0.15) is 0 Å². The molecule has 0 saturated carbocycles. The van der Waals surface area contributed by atoms with Gasteiger partial charge in [-0.05, 0) is 35.9 Å². The van der Waals surface area contributed by atoms with Crippen LogP contribution in [0.2, 0.25) is 5.02 Å². The summed E-state index contributed by atoms with van der Waals surface area (Å²) in [6, 6.07) is 25.8. The van der Waals surface area contributed by atoms with Crippen molar-refractivity contribution in [3.8, 4) is 0 Å². The quantitative estimate of drug-likeness (QED) is 0.608. The van der Waals surface area contributed by atoms with Crippen LogP contribution in [0.25, 0.3) is 0 Å². The summed E-state index contributed by atoms with van der Waals surface area (Å²) < 4.78 is 6.23. The van der Waals surface area contributed by atoms with Crippen LogP contribution in [-0.4, -0.2) is 5.90 Å². The molecular formula is C20H14ClNO. The number of halogens is 1. The average Bonchev–Trinajstić information content (AvgIpc) is 2.62. The first-order chi connectivity index (χ1) is 11.3. The second-order valence-electron chi connectivity index (χ2n) is 5.39. The molecule has 3 aromatic rings. The molecule has 0 N–H and O–H groups in total. The summed E-state index contributed by atoms with van der Waals surface area (Å²) in [7, 11) is 0. The third kappa shape index (κ3) is 2.73. The van der Waals surface area contributed by atoms with Crippen molar-refractivity contribution in [3.63, 3.8) is 0 Å². The van der Waals surface area contributed by atoms with Crippen molar-refractivity contribution in [1.29, 1.82) is 0 Å². The maximum Gasteiger partial charge on any atom is 0.222 e. The SMILES string of the molecule is Clc1ccc2c(c1)C(c1ccccc1)OC(c1ccccc1)=N2. The number of fused-ring (bicyclic) bond motifs is 1. The molecule has 1 aliphatic rings. The number of aliphatic imine (C=N–C) groups is 1. The van der Waals surface area contributed by atoms with Crippen molar-refractivity contribution < 1.29 is 4.74 Å². The zero-order valence-electron chi connectivity index (χ0n) is 12.3. The van der Waals surface area contributed by atoms with Crippen LogP contribution in [0.15, 0.2) is 83.9 Å². The van der Waals surface area contributed by atoms with E-state index in [-0.39, 0.29) is 6.10 Å². The van der Waals surface area contributed by atoms with E-state index in [2.05, 4.69) is 17.1 Å². The molecule has 2 nitrogen and oxygen atoms in total. The summed E-state index contributed by atoms with van der Waals surface area (Å²) >= 11 is 6.18. The van der Waals surface area contributed by atoms with E-state index >= 15 is 0 Å². The average molecular weight is 320 g/mol. The lowest BCUT2D eigenvalue weighted by atomic mass is 9.98. The highest BCUT2D eigenvalue weighted by molar-refractivity contribution is 6.30. The predicted molar refractivity (Wildman–Crippen MR) is 93.5 cm³/mol. The molecule has 3 heteroatoms. The molecule has 0 fully saturated rings. The molecule has 0 radical (unpaired) electrons. The van der Waals surface area contributed by atoms with E-state index in [0.717, 1.165) is 22.4 Å². The molecule has 0 bridgehead atoms. The standard InChI is InChI=1S/C20H14ClNO/c21-16-11-12-18-17(13-16)19(14-7-3-1-4-8-14)23-20(22-18)15-9-5-2-6-10-15/h1-13,19H. The van der Waals surface area contributed by atoms with Crippen molar-refractivity contribution in [2.45, 2.75) is 6.10 Å². The van der Waals surface area contributed by atoms with Gasteiger partial charge in [0.1, 0.15) is 0 Å². The predicted octanol–water partition coefficient (Wildman–Crippen LogP) is 5.54. The van der Waals surface area contributed by atoms with Crippen LogP contribution < -0.4 is 0 Å². The Hall–Kier alpha value is -2.58. The Kier molecular flexibility index (Phi) is 3.60. The van der Waals surface area contributed by atoms with E-state index in [1.807, 2.05) is 66.7 Å². The fourth-order valence-electron chi connectivity index (χ4n) is 2.74. The van der Waals surface area contributed by atoms with Gasteiger partial charge in [0.15, 0.2) is 6.10 Å². The molecule has 1 heterocycles. The Morgan fingerprint density at radius 2 is 1.52 bits per heavy atom. The van der Waals surface area contributed by atoms with E-state index in [0.29, 0.717) is 10.9 Å². The van der Waals surface area contributed by atoms with Crippen LogP contribution in [0, 0.1) is 0 Å². The maximum absolute atomic E-state index is 6.23. The Bertz CT molecular complexity index is 859. The summed E-state index contributed by atoms with van der Waals surface area (Å²) in [6.45, 7) is 0. The monoisotopic (exact) mass is 319 g/mol. The van der Waals surface area contributed by atoms with Crippen molar-refractivity contribution in [1.82, 2.24) is 0 Å². The van der Waals surface area contributed by atoms with Crippen LogP contribution in [0.5, 0.6) is 0 Å². The van der Waals surface area contributed by atoms with Crippen LogP contribution >= 0.6 is 11.6 Å². The third-order valence-corrected chi connectivity index (χ3v) is 4.08. The van der Waals surface area contributed by atoms with Gasteiger partial charge in [0.25, 0.3) is 0 Å². The molecule has 0 saturated heterocycles. The van der Waals surface area contributed by atoms with Gasteiger partial charge >= 0.3 is 0 Å². The highest BCUT2D eigenvalue weighted by Gasteiger charge is 2.26. The fraction of sp³-hybridized carbons (Fsp3) is 0.0500. The van der Waals surface area contributed by atoms with Gasteiger partial charge in [-0.15, -0.1) is 0 Å². The van der Waals surface area contributed by atoms with Gasteiger partial charge in [-0.1, -0.05) is 60.1 Å². The van der Waals surface area contributed by atoms with Gasteiger partial charge in [-0.25, -0.2) is 4.99 Å². The van der Waals surface area contributed by atoms with Crippen LogP contribution in [0.1, 0.15) is 22.8 Å². The fourth-order valence-corrected chi connectivity index (χ4v) is 2.92. The summed E-state index contributed by atoms with van der Waals surface area (Å²) in [5.74, 6) is 0.634. The Morgan fingerprint density at radius 3 is 2.26 bits per heavy atom. The third-order valence-electron chi connectivity index (χ3n) is 3.85. The van der Waals surface area contributed by atoms with Gasteiger partial charge in [0.2, 0.25) is 5.90 Å². The zero-order valence-corrected chi connectivity index (χ0v) is 13.1. The van der Waals surface area contributed by atoms with Crippen LogP contribution in [0.3, 0.4) is 0 Å². The van der Waals surface area contributed by atoms with Crippen molar-refractivity contribution in [2.24, 2.45) is 4.99 Å². The van der Waals surface area contributed by atoms with E-state index in [4.69, 9.17) is 16.3 Å². The zero-order chi connectivity index (χ0) is 15.6. The molecule has 4 rings (SSSR count). The number of hydrogen-bond acceptors (Lipinski definition) is 2. The van der Waals surface area contributed by atoms with Gasteiger partial charge in [-0.3, -0.25) is 0 Å². The minimum atomic E-state index is -0.211. The molecule has 23 heavy (non-hydrogen) atoms. The number of rotatable bonds is 2. The van der Waals surface area contributed by atoms with Crippen molar-refractivity contribution >= 4 is 23.2 Å². The maximum atomic E-state index is 6.23. The summed E-state index contributed by atoms with van der Waals surface area (Å²) in [5.41, 5.74) is 3.94. The largest absolute Gasteiger partial charge is 0.464 e. The number of nitrogens with zero attached hydrogens (tertiary/aromatic N) is 1. The molecule has 1 atom stereocenters. The van der Waals surface area contributed by atoms with Crippen molar-refractivity contribution in [2.75, 3.05) is 0 Å². The lowest BCUT2D eigenvalue weighted by Gasteiger charge is -2.26. The first-order valence-corrected chi connectivity index (χ1v) is 7.84. The first kappa shape index (κ1) is 14.0. The number of ether oxygens (including phenoxy) is 1. The lowest BCUT2D eigenvalue weighted by molar-refractivity contribution is 0.229. The molecule has 0 amide bonds. The minimum absolute atomic E-state index is 0.211. The van der Waals surface area contributed by atoms with Crippen molar-refractivity contribution in [3.05, 3.63) is 101 Å². The molecule has 0 aliphatic carbocycles. The Labute approximate surface area is 140 Å². The molecule has 1 unspecified atom stereocenters. The lowest BCUT2D eigenvalue weighted by Crippen LogP contribution is -2.17. The van der Waals surface area contributed by atoms with E-state index < -0.39 is 0 Å². The summed E-state index contributed by atoms with van der Waals surface area (Å²) in [5, 5.41) is 0.687. The minimum Gasteiger partial charge on any atom is -0.464 e. The first-order valence-electron chi connectivity index (χ1n) is 7.46. The summed E-state index contributed by atoms with van der Waals surface area (Å²) in [6.07, 6.45) is -0.211. The summed E-state index contributed by atoms with van der Waals surface area (Å²) in [4.78, 5) is 4.67. The molecule has 0 aromatic heterocycles. The highest BCUT2D eigenvalue weighted by Crippen LogP contribution is 2.39. The topological polar surface area (TPSA) is 21.6 Å². The Balaban J connectivity index is 1.86. The second-order valence-corrected chi connectivity index (χ2v) is 5.83. The number of benzene rings is 3. The number of hydrogen-bond donors (Lipinski definition) is 0. The van der Waals surface area contributed by atoms with Crippen LogP contribution in [-0.2, 0) is 4.74 Å². The molecule has 112 valence electrons. The van der Waals surface area contributed by atoms with Gasteiger partial charge in [0.05, 0.1) is 5.69 Å². The normalized spacial score (nSPS) is 16.2. The van der Waals surface area contributed by atoms with Gasteiger partial charge in [0, 0.05) is 16.1 Å². The van der Waals surface area contributed by atoms with Gasteiger partial charge < -0.3 is 4.74 Å². The smallest absolute Gasteiger partial charge is 0.222 e. The van der Waals surface area contributed by atoms with E-state index in [1.165, 1.54) is 0 Å². The Morgan fingerprint density at radius 1 is 0.826 bits per heavy atom. The molecule has 0 spiro atoms. The molecular weight excluding hydrogens is 306 g/mol. The molecule has 1 aliphatic heterocycles. The van der Waals surface area contributed by atoms with E-state index in [9.17, 15) is 0 Å². The highest BCUT2D eigenvalue weighted by atomic mass is 35.5. The van der Waals surface area contributed by atoms with E-state index in [1.54, 1.807) is 0 Å². The van der Waals surface area contributed by atoms with Crippen LogP contribution in [0.4, 0.5) is 5.69 Å². The molecule has 3 aromatic carbocycles.